The first-order valence-corrected chi connectivity index (χ1v) is 7.75. The molecule has 0 aliphatic heterocycles. The molecular formula is C13H19F3N2O2S. The van der Waals surface area contributed by atoms with Crippen molar-refractivity contribution in [2.24, 2.45) is 0 Å². The van der Waals surface area contributed by atoms with E-state index in [0.717, 1.165) is 17.0 Å². The molecule has 0 amide bonds. The van der Waals surface area contributed by atoms with Crippen LogP contribution in [0.4, 0.5) is 18.9 Å². The number of hydrogen-bond acceptors (Lipinski definition) is 3. The average molecular weight is 324 g/mol. The summed E-state index contributed by atoms with van der Waals surface area (Å²) in [6, 6.07) is 3.30. The van der Waals surface area contributed by atoms with Crippen LogP contribution >= 0.6 is 0 Å². The maximum absolute atomic E-state index is 12.4. The van der Waals surface area contributed by atoms with Gasteiger partial charge in [-0.05, 0) is 37.1 Å². The lowest BCUT2D eigenvalue weighted by Crippen LogP contribution is -2.31. The Morgan fingerprint density at radius 1 is 1.19 bits per heavy atom. The molecule has 0 aliphatic carbocycles. The van der Waals surface area contributed by atoms with Gasteiger partial charge in [0.2, 0.25) is 10.0 Å². The highest BCUT2D eigenvalue weighted by atomic mass is 32.2. The highest BCUT2D eigenvalue weighted by Gasteiger charge is 2.31. The Morgan fingerprint density at radius 3 is 2.05 bits per heavy atom. The molecule has 0 fully saturated rings. The maximum Gasteiger partial charge on any atom is 0.390 e. The molecule has 0 saturated heterocycles. The van der Waals surface area contributed by atoms with E-state index in [0.29, 0.717) is 11.1 Å². The molecule has 1 aromatic carbocycles. The molecule has 1 aromatic rings. The summed E-state index contributed by atoms with van der Waals surface area (Å²) in [4.78, 5) is 0.0613. The van der Waals surface area contributed by atoms with Crippen molar-refractivity contribution in [3.05, 3.63) is 23.3 Å². The summed E-state index contributed by atoms with van der Waals surface area (Å²) in [5.41, 5.74) is 1.75. The van der Waals surface area contributed by atoms with E-state index in [9.17, 15) is 21.6 Å². The van der Waals surface area contributed by atoms with Gasteiger partial charge in [0.25, 0.3) is 0 Å². The summed E-state index contributed by atoms with van der Waals surface area (Å²) >= 11 is 0. The number of anilines is 1. The smallest absolute Gasteiger partial charge is 0.388 e. The van der Waals surface area contributed by atoms with Crippen LogP contribution in [0.1, 0.15) is 17.5 Å². The largest absolute Gasteiger partial charge is 0.390 e. The average Bonchev–Trinajstić information content (AvgIpc) is 2.33. The molecule has 0 heterocycles. The van der Waals surface area contributed by atoms with Gasteiger partial charge in [0.1, 0.15) is 0 Å². The lowest BCUT2D eigenvalue weighted by atomic mass is 10.1. The van der Waals surface area contributed by atoms with E-state index >= 15 is 0 Å². The van der Waals surface area contributed by atoms with Gasteiger partial charge in [-0.1, -0.05) is 0 Å². The minimum atomic E-state index is -4.39. The Labute approximate surface area is 123 Å². The fraction of sp³-hybridized carbons (Fsp3) is 0.538. The minimum Gasteiger partial charge on any atom is -0.388 e. The molecular weight excluding hydrogens is 305 g/mol. The molecule has 21 heavy (non-hydrogen) atoms. The normalized spacial score (nSPS) is 12.8. The Bertz CT molecular complexity index is 589. The number of halogens is 3. The van der Waals surface area contributed by atoms with E-state index in [2.05, 4.69) is 5.32 Å². The molecule has 0 atom stereocenters. The highest BCUT2D eigenvalue weighted by molar-refractivity contribution is 7.89. The van der Waals surface area contributed by atoms with Crippen molar-refractivity contribution in [1.82, 2.24) is 4.31 Å². The van der Waals surface area contributed by atoms with Gasteiger partial charge in [0.15, 0.2) is 0 Å². The van der Waals surface area contributed by atoms with Gasteiger partial charge in [0, 0.05) is 26.3 Å². The van der Waals surface area contributed by atoms with Crippen LogP contribution in [0.25, 0.3) is 0 Å². The third-order valence-electron chi connectivity index (χ3n) is 3.13. The number of hydrogen-bond donors (Lipinski definition) is 1. The van der Waals surface area contributed by atoms with Gasteiger partial charge < -0.3 is 5.32 Å². The van der Waals surface area contributed by atoms with Gasteiger partial charge in [-0.25, -0.2) is 12.7 Å². The van der Waals surface area contributed by atoms with Crippen LogP contribution in [0.15, 0.2) is 17.0 Å². The molecule has 1 rings (SSSR count). The zero-order valence-corrected chi connectivity index (χ0v) is 13.2. The first kappa shape index (κ1) is 17.8. The lowest BCUT2D eigenvalue weighted by molar-refractivity contribution is -0.135. The van der Waals surface area contributed by atoms with Crippen molar-refractivity contribution < 1.29 is 21.6 Å². The molecule has 0 spiro atoms. The van der Waals surface area contributed by atoms with E-state index < -0.39 is 29.2 Å². The van der Waals surface area contributed by atoms with Crippen LogP contribution in [-0.2, 0) is 10.0 Å². The summed E-state index contributed by atoms with van der Waals surface area (Å²) in [6.45, 7) is 2.65. The Hall–Kier alpha value is -1.28. The molecule has 120 valence electrons. The predicted molar refractivity (Wildman–Crippen MR) is 76.0 cm³/mol. The Balaban J connectivity index is 3.14. The molecule has 1 N–H and O–H groups in total. The SMILES string of the molecule is CNc1cc(C)c(S(=O)(=O)N(C)CCC(F)(F)F)c(C)c1. The molecule has 8 heteroatoms. The van der Waals surface area contributed by atoms with E-state index in [1.165, 1.54) is 0 Å². The van der Waals surface area contributed by atoms with E-state index in [4.69, 9.17) is 0 Å². The van der Waals surface area contributed by atoms with Crippen molar-refractivity contribution in [3.63, 3.8) is 0 Å². The topological polar surface area (TPSA) is 49.4 Å². The van der Waals surface area contributed by atoms with Crippen LogP contribution in [0, 0.1) is 13.8 Å². The van der Waals surface area contributed by atoms with Crippen LogP contribution in [0.5, 0.6) is 0 Å². The summed E-state index contributed by atoms with van der Waals surface area (Å²) in [5.74, 6) is 0. The maximum atomic E-state index is 12.4. The van der Waals surface area contributed by atoms with Crippen LogP contribution in [-0.4, -0.2) is 39.5 Å². The molecule has 0 radical (unpaired) electrons. The first-order valence-electron chi connectivity index (χ1n) is 6.31. The van der Waals surface area contributed by atoms with Gasteiger partial charge in [-0.15, -0.1) is 0 Å². The van der Waals surface area contributed by atoms with Crippen molar-refractivity contribution >= 4 is 15.7 Å². The second-order valence-corrected chi connectivity index (χ2v) is 6.86. The number of sulfonamides is 1. The third-order valence-corrected chi connectivity index (χ3v) is 5.29. The standard InChI is InChI=1S/C13H19F3N2O2S/c1-9-7-11(17-3)8-10(2)12(9)21(19,20)18(4)6-5-13(14,15)16/h7-8,17H,5-6H2,1-4H3. The van der Waals surface area contributed by atoms with Gasteiger partial charge in [0.05, 0.1) is 11.3 Å². The molecule has 0 saturated carbocycles. The fourth-order valence-corrected chi connectivity index (χ4v) is 3.64. The summed E-state index contributed by atoms with van der Waals surface area (Å²) in [6.07, 6.45) is -5.56. The van der Waals surface area contributed by atoms with Crippen LogP contribution in [0.2, 0.25) is 0 Å². The number of nitrogens with zero attached hydrogens (tertiary/aromatic N) is 1. The van der Waals surface area contributed by atoms with E-state index in [-0.39, 0.29) is 4.90 Å². The van der Waals surface area contributed by atoms with Crippen LogP contribution in [0.3, 0.4) is 0 Å². The third kappa shape index (κ3) is 4.34. The predicted octanol–water partition coefficient (Wildman–Crippen LogP) is 2.92. The number of aryl methyl sites for hydroxylation is 2. The van der Waals surface area contributed by atoms with Crippen molar-refractivity contribution in [2.75, 3.05) is 26.0 Å². The monoisotopic (exact) mass is 324 g/mol. The number of rotatable bonds is 5. The van der Waals surface area contributed by atoms with Crippen molar-refractivity contribution in [2.45, 2.75) is 31.3 Å². The Morgan fingerprint density at radius 2 is 1.67 bits per heavy atom. The first-order chi connectivity index (χ1) is 9.49. The number of benzene rings is 1. The fourth-order valence-electron chi connectivity index (χ4n) is 2.06. The van der Waals surface area contributed by atoms with Crippen molar-refractivity contribution in [1.29, 1.82) is 0 Å². The zero-order chi connectivity index (χ0) is 16.4. The second-order valence-electron chi connectivity index (χ2n) is 4.88. The second kappa shape index (κ2) is 6.23. The van der Waals surface area contributed by atoms with Crippen LogP contribution < -0.4 is 5.32 Å². The summed E-state index contributed by atoms with van der Waals surface area (Å²) < 4.78 is 62.3. The summed E-state index contributed by atoms with van der Waals surface area (Å²) in [7, 11) is -1.08. The molecule has 0 unspecified atom stereocenters. The Kier molecular flexibility index (Phi) is 5.27. The number of alkyl halides is 3. The quantitative estimate of drug-likeness (QED) is 0.906. The summed E-state index contributed by atoms with van der Waals surface area (Å²) in [5, 5.41) is 2.90. The van der Waals surface area contributed by atoms with E-state index in [1.54, 1.807) is 33.0 Å². The molecule has 0 aromatic heterocycles. The molecule has 0 bridgehead atoms. The van der Waals surface area contributed by atoms with Crippen molar-refractivity contribution in [3.8, 4) is 0 Å². The highest BCUT2D eigenvalue weighted by Crippen LogP contribution is 2.28. The van der Waals surface area contributed by atoms with Gasteiger partial charge >= 0.3 is 6.18 Å². The van der Waals surface area contributed by atoms with Gasteiger partial charge in [-0.2, -0.15) is 13.2 Å². The molecule has 0 aliphatic rings. The van der Waals surface area contributed by atoms with E-state index in [1.807, 2.05) is 0 Å². The zero-order valence-electron chi connectivity index (χ0n) is 12.4. The van der Waals surface area contributed by atoms with Gasteiger partial charge in [-0.3, -0.25) is 0 Å². The lowest BCUT2D eigenvalue weighted by Gasteiger charge is -2.21. The minimum absolute atomic E-state index is 0.0613. The molecule has 4 nitrogen and oxygen atoms in total. The number of nitrogens with one attached hydrogen (secondary N) is 1.